The summed E-state index contributed by atoms with van der Waals surface area (Å²) < 4.78 is 6.54. The molecular formula is C16H17BrN2O3S. The van der Waals surface area contributed by atoms with E-state index in [0.29, 0.717) is 5.56 Å². The van der Waals surface area contributed by atoms with Crippen LogP contribution < -0.4 is 10.1 Å². The summed E-state index contributed by atoms with van der Waals surface area (Å²) in [6, 6.07) is 5.41. The predicted octanol–water partition coefficient (Wildman–Crippen LogP) is 2.88. The first-order chi connectivity index (χ1) is 10.8. The summed E-state index contributed by atoms with van der Waals surface area (Å²) in [5.41, 5.74) is 0.761. The highest BCUT2D eigenvalue weighted by atomic mass is 79.9. The Kier molecular flexibility index (Phi) is 5.54. The van der Waals surface area contributed by atoms with Gasteiger partial charge < -0.3 is 4.74 Å². The molecule has 1 heterocycles. The molecule has 1 aromatic rings. The van der Waals surface area contributed by atoms with Crippen molar-refractivity contribution in [1.82, 2.24) is 10.2 Å². The van der Waals surface area contributed by atoms with Crippen molar-refractivity contribution in [3.05, 3.63) is 33.8 Å². The zero-order valence-corrected chi connectivity index (χ0v) is 15.5. The molecule has 0 aromatic heterocycles. The first-order valence-electron chi connectivity index (χ1n) is 7.14. The second-order valence-corrected chi connectivity index (χ2v) is 6.45. The highest BCUT2D eigenvalue weighted by Gasteiger charge is 2.30. The number of amides is 2. The molecule has 0 bridgehead atoms. The molecule has 2 amide bonds. The first-order valence-corrected chi connectivity index (χ1v) is 8.34. The molecule has 1 aromatic carbocycles. The number of ether oxygens (including phenoxy) is 1. The summed E-state index contributed by atoms with van der Waals surface area (Å²) in [5.74, 6) is -0.192. The van der Waals surface area contributed by atoms with E-state index in [4.69, 9.17) is 17.0 Å². The molecule has 1 aliphatic rings. The fourth-order valence-electron chi connectivity index (χ4n) is 1.91. The molecule has 0 saturated carbocycles. The molecule has 1 atom stereocenters. The maximum Gasteiger partial charge on any atom is 0.265 e. The van der Waals surface area contributed by atoms with Gasteiger partial charge in [0.25, 0.3) is 11.8 Å². The van der Waals surface area contributed by atoms with E-state index < -0.39 is 11.8 Å². The van der Waals surface area contributed by atoms with E-state index in [1.54, 1.807) is 12.1 Å². The number of halogens is 1. The van der Waals surface area contributed by atoms with Crippen LogP contribution in [-0.2, 0) is 9.59 Å². The molecule has 2 rings (SSSR count). The van der Waals surface area contributed by atoms with Crippen molar-refractivity contribution in [2.75, 3.05) is 7.05 Å². The average Bonchev–Trinajstić information content (AvgIpc) is 2.51. The van der Waals surface area contributed by atoms with E-state index in [0.717, 1.165) is 16.6 Å². The maximum absolute atomic E-state index is 12.2. The van der Waals surface area contributed by atoms with E-state index in [2.05, 4.69) is 21.2 Å². The molecule has 122 valence electrons. The number of benzene rings is 1. The molecule has 1 unspecified atom stereocenters. The summed E-state index contributed by atoms with van der Waals surface area (Å²) in [6.45, 7) is 4.04. The first kappa shape index (κ1) is 17.6. The summed E-state index contributed by atoms with van der Waals surface area (Å²) in [7, 11) is 1.52. The molecule has 7 heteroatoms. The van der Waals surface area contributed by atoms with Crippen molar-refractivity contribution in [1.29, 1.82) is 0 Å². The van der Waals surface area contributed by atoms with E-state index >= 15 is 0 Å². The topological polar surface area (TPSA) is 58.6 Å². The fraction of sp³-hybridized carbons (Fsp3) is 0.312. The monoisotopic (exact) mass is 396 g/mol. The van der Waals surface area contributed by atoms with Crippen molar-refractivity contribution in [3.63, 3.8) is 0 Å². The van der Waals surface area contributed by atoms with Crippen LogP contribution in [0.25, 0.3) is 6.08 Å². The minimum Gasteiger partial charge on any atom is -0.490 e. The Labute approximate surface area is 148 Å². The minimum atomic E-state index is -0.492. The normalized spacial score (nSPS) is 18.2. The number of thiocarbonyl (C=S) groups is 1. The van der Waals surface area contributed by atoms with Gasteiger partial charge >= 0.3 is 0 Å². The Morgan fingerprint density at radius 2 is 2.13 bits per heavy atom. The molecule has 0 aliphatic carbocycles. The zero-order valence-electron chi connectivity index (χ0n) is 13.1. The van der Waals surface area contributed by atoms with Crippen molar-refractivity contribution >= 4 is 51.2 Å². The second kappa shape index (κ2) is 7.23. The number of hydrogen-bond donors (Lipinski definition) is 1. The molecule has 1 saturated heterocycles. The summed E-state index contributed by atoms with van der Waals surface area (Å²) in [5, 5.41) is 2.59. The van der Waals surface area contributed by atoms with Gasteiger partial charge in [0.1, 0.15) is 11.3 Å². The van der Waals surface area contributed by atoms with E-state index in [9.17, 15) is 9.59 Å². The van der Waals surface area contributed by atoms with Gasteiger partial charge in [-0.25, -0.2) is 0 Å². The lowest BCUT2D eigenvalue weighted by atomic mass is 10.1. The Bertz CT molecular complexity index is 703. The van der Waals surface area contributed by atoms with Crippen molar-refractivity contribution in [2.45, 2.75) is 26.4 Å². The lowest BCUT2D eigenvalue weighted by Gasteiger charge is -2.25. The SMILES string of the molecule is CCC(C)Oc1ccc(/C=C2\C(=O)NC(=S)N(C)C2=O)cc1Br. The van der Waals surface area contributed by atoms with Crippen molar-refractivity contribution < 1.29 is 14.3 Å². The molecule has 23 heavy (non-hydrogen) atoms. The highest BCUT2D eigenvalue weighted by Crippen LogP contribution is 2.28. The molecular weight excluding hydrogens is 380 g/mol. The van der Waals surface area contributed by atoms with Gasteiger partial charge in [-0.2, -0.15) is 0 Å². The fourth-order valence-corrected chi connectivity index (χ4v) is 2.58. The third kappa shape index (κ3) is 3.97. The third-order valence-electron chi connectivity index (χ3n) is 3.47. The largest absolute Gasteiger partial charge is 0.490 e. The van der Waals surface area contributed by atoms with Crippen LogP contribution in [0.15, 0.2) is 28.2 Å². The van der Waals surface area contributed by atoms with Gasteiger partial charge in [-0.05, 0) is 65.3 Å². The second-order valence-electron chi connectivity index (χ2n) is 5.21. The van der Waals surface area contributed by atoms with Gasteiger partial charge in [0.05, 0.1) is 10.6 Å². The van der Waals surface area contributed by atoms with Crippen LogP contribution in [0.3, 0.4) is 0 Å². The minimum absolute atomic E-state index is 0.0450. The van der Waals surface area contributed by atoms with Gasteiger partial charge in [0, 0.05) is 7.05 Å². The molecule has 1 aliphatic heterocycles. The summed E-state index contributed by atoms with van der Waals surface area (Å²) in [4.78, 5) is 25.3. The number of nitrogens with zero attached hydrogens (tertiary/aromatic N) is 1. The lowest BCUT2D eigenvalue weighted by Crippen LogP contribution is -2.52. The van der Waals surface area contributed by atoms with Crippen LogP contribution in [0.2, 0.25) is 0 Å². The van der Waals surface area contributed by atoms with Crippen LogP contribution in [0.5, 0.6) is 5.75 Å². The zero-order chi connectivity index (χ0) is 17.1. The number of nitrogens with one attached hydrogen (secondary N) is 1. The van der Waals surface area contributed by atoms with E-state index in [1.807, 2.05) is 19.9 Å². The Morgan fingerprint density at radius 1 is 1.43 bits per heavy atom. The number of hydrogen-bond acceptors (Lipinski definition) is 4. The standard InChI is InChI=1S/C16H17BrN2O3S/c1-4-9(2)22-13-6-5-10(8-12(13)17)7-11-14(20)18-16(23)19(3)15(11)21/h5-9H,4H2,1-3H3,(H,18,20,23)/b11-7+. The third-order valence-corrected chi connectivity index (χ3v) is 4.47. The number of carbonyl (C=O) groups is 2. The smallest absolute Gasteiger partial charge is 0.265 e. The lowest BCUT2D eigenvalue weighted by molar-refractivity contribution is -0.128. The predicted molar refractivity (Wildman–Crippen MR) is 96.0 cm³/mol. The molecule has 5 nitrogen and oxygen atoms in total. The number of likely N-dealkylation sites (N-methyl/N-ethyl adjacent to an activating group) is 1. The molecule has 0 spiro atoms. The van der Waals surface area contributed by atoms with E-state index in [1.165, 1.54) is 18.0 Å². The van der Waals surface area contributed by atoms with Crippen molar-refractivity contribution in [3.8, 4) is 5.75 Å². The number of carbonyl (C=O) groups excluding carboxylic acids is 2. The summed E-state index contributed by atoms with van der Waals surface area (Å²) >= 11 is 8.36. The Morgan fingerprint density at radius 3 is 2.74 bits per heavy atom. The molecule has 1 fully saturated rings. The van der Waals surface area contributed by atoms with Gasteiger partial charge in [-0.15, -0.1) is 0 Å². The van der Waals surface area contributed by atoms with Gasteiger partial charge in [-0.1, -0.05) is 13.0 Å². The van der Waals surface area contributed by atoms with Gasteiger partial charge in [-0.3, -0.25) is 19.8 Å². The quantitative estimate of drug-likeness (QED) is 0.482. The highest BCUT2D eigenvalue weighted by molar-refractivity contribution is 9.10. The van der Waals surface area contributed by atoms with Crippen LogP contribution in [-0.4, -0.2) is 35.0 Å². The molecule has 1 N–H and O–H groups in total. The Hall–Kier alpha value is -1.73. The van der Waals surface area contributed by atoms with Crippen LogP contribution in [0.4, 0.5) is 0 Å². The number of rotatable bonds is 4. The van der Waals surface area contributed by atoms with Crippen LogP contribution >= 0.6 is 28.1 Å². The summed E-state index contributed by atoms with van der Waals surface area (Å²) in [6.07, 6.45) is 2.54. The van der Waals surface area contributed by atoms with Gasteiger partial charge in [0.15, 0.2) is 5.11 Å². The van der Waals surface area contributed by atoms with Crippen LogP contribution in [0.1, 0.15) is 25.8 Å². The van der Waals surface area contributed by atoms with E-state index in [-0.39, 0.29) is 16.8 Å². The van der Waals surface area contributed by atoms with Gasteiger partial charge in [0.2, 0.25) is 0 Å². The van der Waals surface area contributed by atoms with Crippen molar-refractivity contribution in [2.24, 2.45) is 0 Å². The maximum atomic E-state index is 12.2. The Balaban J connectivity index is 2.29. The van der Waals surface area contributed by atoms with Crippen LogP contribution in [0, 0.1) is 0 Å². The average molecular weight is 397 g/mol. The molecule has 0 radical (unpaired) electrons.